The van der Waals surface area contributed by atoms with Crippen LogP contribution in [-0.2, 0) is 6.18 Å². The molecule has 0 saturated carbocycles. The van der Waals surface area contributed by atoms with Crippen molar-refractivity contribution in [2.24, 2.45) is 0 Å². The van der Waals surface area contributed by atoms with Crippen molar-refractivity contribution in [1.82, 2.24) is 19.9 Å². The third-order valence-corrected chi connectivity index (χ3v) is 5.52. The molecule has 4 rings (SSSR count). The fraction of sp³-hybridized carbons (Fsp3) is 0.273. The number of anilines is 2. The highest BCUT2D eigenvalue weighted by Crippen LogP contribution is 2.36. The number of pyridine rings is 1. The summed E-state index contributed by atoms with van der Waals surface area (Å²) in [5.41, 5.74) is -2.26. The maximum Gasteiger partial charge on any atom is 0.417 e. The molecule has 8 nitrogen and oxygen atoms in total. The lowest BCUT2D eigenvalue weighted by molar-refractivity contribution is -0.138. The molecular formula is C22H20F4N6O2. The van der Waals surface area contributed by atoms with E-state index < -0.39 is 34.6 Å². The SMILES string of the molecule is CN1CCN(c2cc(F)c(-c3cncnc3)cc2NC(=O)c2c[nH]c(=O)cc2C(F)(F)F)CC1. The van der Waals surface area contributed by atoms with Gasteiger partial charge in [-0.1, -0.05) is 0 Å². The summed E-state index contributed by atoms with van der Waals surface area (Å²) in [4.78, 5) is 38.1. The van der Waals surface area contributed by atoms with Crippen LogP contribution in [0.5, 0.6) is 0 Å². The van der Waals surface area contributed by atoms with E-state index in [1.54, 1.807) is 0 Å². The number of rotatable bonds is 4. The third-order valence-electron chi connectivity index (χ3n) is 5.52. The molecule has 0 atom stereocenters. The Morgan fingerprint density at radius 1 is 1.09 bits per heavy atom. The number of aromatic amines is 1. The highest BCUT2D eigenvalue weighted by Gasteiger charge is 2.36. The predicted molar refractivity (Wildman–Crippen MR) is 117 cm³/mol. The Bertz CT molecular complexity index is 1250. The summed E-state index contributed by atoms with van der Waals surface area (Å²) in [5, 5.41) is 2.48. The molecule has 1 fully saturated rings. The van der Waals surface area contributed by atoms with Gasteiger partial charge in [0.15, 0.2) is 0 Å². The van der Waals surface area contributed by atoms with Crippen molar-refractivity contribution in [3.05, 3.63) is 70.4 Å². The van der Waals surface area contributed by atoms with Crippen molar-refractivity contribution in [3.8, 4) is 11.1 Å². The number of alkyl halides is 3. The lowest BCUT2D eigenvalue weighted by Crippen LogP contribution is -2.44. The molecule has 0 radical (unpaired) electrons. The Morgan fingerprint density at radius 2 is 1.76 bits per heavy atom. The largest absolute Gasteiger partial charge is 0.417 e. The van der Waals surface area contributed by atoms with Crippen molar-refractivity contribution in [1.29, 1.82) is 0 Å². The predicted octanol–water partition coefficient (Wildman–Crippen LogP) is 2.99. The summed E-state index contributed by atoms with van der Waals surface area (Å²) in [6.07, 6.45) is -0.161. The smallest absolute Gasteiger partial charge is 0.367 e. The molecule has 0 bridgehead atoms. The highest BCUT2D eigenvalue weighted by molar-refractivity contribution is 6.07. The van der Waals surface area contributed by atoms with Crippen LogP contribution < -0.4 is 15.8 Å². The van der Waals surface area contributed by atoms with Crippen LogP contribution in [0.3, 0.4) is 0 Å². The number of halogens is 4. The van der Waals surface area contributed by atoms with Gasteiger partial charge >= 0.3 is 6.18 Å². The number of nitrogens with zero attached hydrogens (tertiary/aromatic N) is 4. The van der Waals surface area contributed by atoms with Crippen LogP contribution in [0, 0.1) is 5.82 Å². The number of nitrogens with one attached hydrogen (secondary N) is 2. The number of carbonyl (C=O) groups excluding carboxylic acids is 1. The van der Waals surface area contributed by atoms with Gasteiger partial charge in [-0.2, -0.15) is 13.2 Å². The number of benzene rings is 1. The maximum absolute atomic E-state index is 15.1. The van der Waals surface area contributed by atoms with E-state index in [9.17, 15) is 22.8 Å². The first-order chi connectivity index (χ1) is 16.1. The number of piperazine rings is 1. The first-order valence-corrected chi connectivity index (χ1v) is 10.3. The molecule has 178 valence electrons. The van der Waals surface area contributed by atoms with Gasteiger partial charge in [0.25, 0.3) is 5.91 Å². The molecule has 1 aliphatic heterocycles. The van der Waals surface area contributed by atoms with Crippen molar-refractivity contribution in [2.75, 3.05) is 43.4 Å². The van der Waals surface area contributed by atoms with Crippen LogP contribution in [0.4, 0.5) is 28.9 Å². The molecule has 1 aromatic carbocycles. The highest BCUT2D eigenvalue weighted by atomic mass is 19.4. The van der Waals surface area contributed by atoms with Gasteiger partial charge in [0, 0.05) is 62.0 Å². The van der Waals surface area contributed by atoms with E-state index >= 15 is 4.39 Å². The summed E-state index contributed by atoms with van der Waals surface area (Å²) in [6, 6.07) is 2.91. The Balaban J connectivity index is 1.78. The maximum atomic E-state index is 15.1. The van der Waals surface area contributed by atoms with Gasteiger partial charge in [0.05, 0.1) is 22.5 Å². The van der Waals surface area contributed by atoms with Gasteiger partial charge in [-0.05, 0) is 19.2 Å². The fourth-order valence-electron chi connectivity index (χ4n) is 3.71. The quantitative estimate of drug-likeness (QED) is 0.563. The zero-order chi connectivity index (χ0) is 24.5. The second kappa shape index (κ2) is 9.21. The molecule has 12 heteroatoms. The minimum atomic E-state index is -4.92. The molecule has 1 amide bonds. The zero-order valence-corrected chi connectivity index (χ0v) is 18.0. The van der Waals surface area contributed by atoms with Crippen LogP contribution in [0.2, 0.25) is 0 Å². The van der Waals surface area contributed by atoms with Gasteiger partial charge in [0.1, 0.15) is 12.1 Å². The number of amides is 1. The standard InChI is InChI=1S/C22H20F4N6O2/c1-31-2-4-32(5-3-31)19-8-17(23)14(13-9-27-12-28-10-13)6-18(19)30-21(34)15-11-29-20(33)7-16(15)22(24,25)26/h6-12H,2-5H2,1H3,(H,29,33)(H,30,34). The molecule has 3 aromatic rings. The van der Waals surface area contributed by atoms with Crippen molar-refractivity contribution >= 4 is 17.3 Å². The average Bonchev–Trinajstić information content (AvgIpc) is 2.80. The lowest BCUT2D eigenvalue weighted by Gasteiger charge is -2.35. The summed E-state index contributed by atoms with van der Waals surface area (Å²) >= 11 is 0. The molecule has 34 heavy (non-hydrogen) atoms. The normalized spacial score (nSPS) is 14.8. The number of carbonyl (C=O) groups is 1. The summed E-state index contributed by atoms with van der Waals surface area (Å²) in [6.45, 7) is 2.42. The molecule has 2 N–H and O–H groups in total. The molecule has 2 aromatic heterocycles. The molecule has 0 spiro atoms. The van der Waals surface area contributed by atoms with E-state index in [1.165, 1.54) is 30.9 Å². The molecule has 0 aliphatic carbocycles. The average molecular weight is 476 g/mol. The molecule has 3 heterocycles. The van der Waals surface area contributed by atoms with E-state index in [4.69, 9.17) is 0 Å². The Morgan fingerprint density at radius 3 is 2.41 bits per heavy atom. The van der Waals surface area contributed by atoms with E-state index in [2.05, 4.69) is 25.2 Å². The Kier molecular flexibility index (Phi) is 6.33. The number of hydrogen-bond acceptors (Lipinski definition) is 6. The van der Waals surface area contributed by atoms with E-state index in [1.807, 2.05) is 11.9 Å². The minimum absolute atomic E-state index is 0.0753. The van der Waals surface area contributed by atoms with Crippen LogP contribution in [-0.4, -0.2) is 59.0 Å². The van der Waals surface area contributed by atoms with E-state index in [-0.39, 0.29) is 11.3 Å². The molecule has 1 saturated heterocycles. The molecule has 1 aliphatic rings. The number of H-pyrrole nitrogens is 1. The third kappa shape index (κ3) is 4.91. The fourth-order valence-corrected chi connectivity index (χ4v) is 3.71. The van der Waals surface area contributed by atoms with Gasteiger partial charge in [-0.25, -0.2) is 14.4 Å². The van der Waals surface area contributed by atoms with E-state index in [0.717, 1.165) is 0 Å². The first kappa shape index (κ1) is 23.4. The minimum Gasteiger partial charge on any atom is -0.367 e. The topological polar surface area (TPSA) is 94.2 Å². The molecular weight excluding hydrogens is 456 g/mol. The number of aromatic nitrogens is 3. The van der Waals surface area contributed by atoms with Gasteiger partial charge < -0.3 is 20.1 Å². The van der Waals surface area contributed by atoms with Crippen LogP contribution in [0.1, 0.15) is 15.9 Å². The monoisotopic (exact) mass is 476 g/mol. The molecule has 0 unspecified atom stereocenters. The van der Waals surface area contributed by atoms with Gasteiger partial charge in [0.2, 0.25) is 5.56 Å². The zero-order valence-electron chi connectivity index (χ0n) is 18.0. The summed E-state index contributed by atoms with van der Waals surface area (Å²) < 4.78 is 55.5. The summed E-state index contributed by atoms with van der Waals surface area (Å²) in [5.74, 6) is -1.69. The second-order valence-electron chi connectivity index (χ2n) is 7.84. The summed E-state index contributed by atoms with van der Waals surface area (Å²) in [7, 11) is 1.94. The van der Waals surface area contributed by atoms with Gasteiger partial charge in [-0.15, -0.1) is 0 Å². The van der Waals surface area contributed by atoms with Crippen LogP contribution in [0.25, 0.3) is 11.1 Å². The van der Waals surface area contributed by atoms with Gasteiger partial charge in [-0.3, -0.25) is 9.59 Å². The van der Waals surface area contributed by atoms with Crippen LogP contribution >= 0.6 is 0 Å². The van der Waals surface area contributed by atoms with Crippen LogP contribution in [0.15, 0.2) is 47.9 Å². The second-order valence-corrected chi connectivity index (χ2v) is 7.84. The van der Waals surface area contributed by atoms with E-state index in [0.29, 0.717) is 49.7 Å². The number of hydrogen-bond donors (Lipinski definition) is 2. The Hall–Kier alpha value is -3.80. The number of likely N-dealkylation sites (N-methyl/N-ethyl adjacent to an activating group) is 1. The van der Waals surface area contributed by atoms with Crippen molar-refractivity contribution in [3.63, 3.8) is 0 Å². The van der Waals surface area contributed by atoms with Crippen molar-refractivity contribution in [2.45, 2.75) is 6.18 Å². The lowest BCUT2D eigenvalue weighted by atomic mass is 10.0. The Labute approximate surface area is 191 Å². The first-order valence-electron chi connectivity index (χ1n) is 10.3. The van der Waals surface area contributed by atoms with Crippen molar-refractivity contribution < 1.29 is 22.4 Å².